The molecule has 0 aromatic rings. The van der Waals surface area contributed by atoms with E-state index in [0.717, 1.165) is 75.2 Å². The molecule has 2 heterocycles. The fourth-order valence-electron chi connectivity index (χ4n) is 9.67. The van der Waals surface area contributed by atoms with Gasteiger partial charge in [-0.1, -0.05) is 41.6 Å². The van der Waals surface area contributed by atoms with Gasteiger partial charge in [0.1, 0.15) is 6.04 Å². The van der Waals surface area contributed by atoms with E-state index in [2.05, 4.69) is 36.4 Å². The van der Waals surface area contributed by atoms with Crippen molar-refractivity contribution < 1.29 is 14.3 Å². The van der Waals surface area contributed by atoms with Crippen LogP contribution in [0.4, 0.5) is 0 Å². The Bertz CT molecular complexity index is 814. The molecular weight excluding hydrogens is 532 g/mol. The molecule has 2 aliphatic heterocycles. The van der Waals surface area contributed by atoms with Crippen molar-refractivity contribution in [2.24, 2.45) is 29.6 Å². The summed E-state index contributed by atoms with van der Waals surface area (Å²) in [6, 6.07) is 0.409. The molecule has 6 aliphatic rings. The standard InChI is InChI=1S/C29H47BrN4O3/c1-37-29(36)27-26(23-16-18(30)10-11-24(23)31-27)32-25(35)17-33-12-14-34(15-13-33)28-21-8-4-2-6-19(21)20-7-3-5-9-22(20)28/h18-24,26-28,31H,2-17H2,1H3,(H,32,35). The van der Waals surface area contributed by atoms with Gasteiger partial charge in [-0.3, -0.25) is 24.7 Å². The number of rotatable bonds is 5. The number of esters is 1. The van der Waals surface area contributed by atoms with Crippen LogP contribution in [0.15, 0.2) is 0 Å². The molecule has 2 saturated heterocycles. The van der Waals surface area contributed by atoms with Crippen LogP contribution in [-0.4, -0.2) is 90.5 Å². The summed E-state index contributed by atoms with van der Waals surface area (Å²) in [6.07, 6.45) is 14.7. The molecule has 9 unspecified atom stereocenters. The molecule has 208 valence electrons. The zero-order valence-electron chi connectivity index (χ0n) is 22.6. The Hall–Kier alpha value is -0.700. The number of hydrogen-bond acceptors (Lipinski definition) is 6. The number of fused-ring (bicyclic) bond motifs is 4. The molecule has 4 saturated carbocycles. The molecule has 6 fully saturated rings. The van der Waals surface area contributed by atoms with Crippen LogP contribution in [0.2, 0.25) is 0 Å². The lowest BCUT2D eigenvalue weighted by molar-refractivity contribution is -0.143. The number of nitrogens with zero attached hydrogens (tertiary/aromatic N) is 2. The number of hydrogen-bond donors (Lipinski definition) is 2. The highest BCUT2D eigenvalue weighted by Gasteiger charge is 2.53. The number of alkyl halides is 1. The number of amides is 1. The predicted molar refractivity (Wildman–Crippen MR) is 147 cm³/mol. The van der Waals surface area contributed by atoms with E-state index in [-0.39, 0.29) is 29.9 Å². The first kappa shape index (κ1) is 26.5. The topological polar surface area (TPSA) is 73.9 Å². The second kappa shape index (κ2) is 11.4. The van der Waals surface area contributed by atoms with Crippen molar-refractivity contribution in [2.45, 2.75) is 99.6 Å². The smallest absolute Gasteiger partial charge is 0.325 e. The van der Waals surface area contributed by atoms with Crippen molar-refractivity contribution in [3.05, 3.63) is 0 Å². The Kier molecular flexibility index (Phi) is 8.19. The van der Waals surface area contributed by atoms with Gasteiger partial charge in [0, 0.05) is 43.1 Å². The highest BCUT2D eigenvalue weighted by atomic mass is 79.9. The van der Waals surface area contributed by atoms with Crippen molar-refractivity contribution >= 4 is 27.8 Å². The summed E-state index contributed by atoms with van der Waals surface area (Å²) in [5.74, 6) is 3.85. The number of nitrogens with one attached hydrogen (secondary N) is 2. The molecule has 0 bridgehead atoms. The van der Waals surface area contributed by atoms with Crippen molar-refractivity contribution in [1.29, 1.82) is 0 Å². The van der Waals surface area contributed by atoms with Crippen LogP contribution in [0, 0.1) is 29.6 Å². The van der Waals surface area contributed by atoms with E-state index >= 15 is 0 Å². The summed E-state index contributed by atoms with van der Waals surface area (Å²) in [5, 5.41) is 6.75. The summed E-state index contributed by atoms with van der Waals surface area (Å²) in [4.78, 5) is 31.4. The first-order valence-electron chi connectivity index (χ1n) is 15.3. The van der Waals surface area contributed by atoms with Crippen molar-refractivity contribution in [1.82, 2.24) is 20.4 Å². The van der Waals surface area contributed by atoms with Gasteiger partial charge in [0.25, 0.3) is 0 Å². The molecule has 0 radical (unpaired) electrons. The number of methoxy groups -OCH3 is 1. The van der Waals surface area contributed by atoms with Gasteiger partial charge in [-0.05, 0) is 74.5 Å². The Morgan fingerprint density at radius 3 is 2.11 bits per heavy atom. The van der Waals surface area contributed by atoms with E-state index in [4.69, 9.17) is 4.74 Å². The van der Waals surface area contributed by atoms with E-state index in [1.807, 2.05) is 0 Å². The maximum absolute atomic E-state index is 13.2. The largest absolute Gasteiger partial charge is 0.468 e. The molecule has 6 rings (SSSR count). The second-order valence-electron chi connectivity index (χ2n) is 13.0. The molecule has 37 heavy (non-hydrogen) atoms. The Morgan fingerprint density at radius 2 is 1.49 bits per heavy atom. The molecule has 4 aliphatic carbocycles. The summed E-state index contributed by atoms with van der Waals surface area (Å²) in [7, 11) is 1.44. The maximum Gasteiger partial charge on any atom is 0.325 e. The molecule has 8 heteroatoms. The Balaban J connectivity index is 1.04. The van der Waals surface area contributed by atoms with Gasteiger partial charge in [0.05, 0.1) is 19.7 Å². The van der Waals surface area contributed by atoms with Crippen molar-refractivity contribution in [2.75, 3.05) is 39.8 Å². The minimum Gasteiger partial charge on any atom is -0.468 e. The van der Waals surface area contributed by atoms with Crippen LogP contribution in [-0.2, 0) is 14.3 Å². The predicted octanol–water partition coefficient (Wildman–Crippen LogP) is 3.16. The first-order valence-corrected chi connectivity index (χ1v) is 16.2. The lowest BCUT2D eigenvalue weighted by atomic mass is 9.73. The minimum atomic E-state index is -0.451. The molecule has 1 amide bonds. The van der Waals surface area contributed by atoms with Crippen molar-refractivity contribution in [3.8, 4) is 0 Å². The van der Waals surface area contributed by atoms with Crippen LogP contribution >= 0.6 is 15.9 Å². The fourth-order valence-corrected chi connectivity index (χ4v) is 10.4. The SMILES string of the molecule is COC(=O)C1NC2CCC(Br)CC2C1NC(=O)CN1CCN(C2C3CCCCC3C3CCCCC32)CC1. The van der Waals surface area contributed by atoms with Gasteiger partial charge >= 0.3 is 5.97 Å². The van der Waals surface area contributed by atoms with Crippen LogP contribution < -0.4 is 10.6 Å². The van der Waals surface area contributed by atoms with Gasteiger partial charge in [0.15, 0.2) is 0 Å². The lowest BCUT2D eigenvalue weighted by Gasteiger charge is -2.44. The quantitative estimate of drug-likeness (QED) is 0.385. The average Bonchev–Trinajstić information content (AvgIpc) is 3.44. The van der Waals surface area contributed by atoms with Crippen LogP contribution in [0.5, 0.6) is 0 Å². The first-order chi connectivity index (χ1) is 18.0. The third-order valence-electron chi connectivity index (χ3n) is 11.2. The monoisotopic (exact) mass is 578 g/mol. The zero-order chi connectivity index (χ0) is 25.5. The molecule has 0 spiro atoms. The number of carbonyl (C=O) groups is 2. The van der Waals surface area contributed by atoms with Gasteiger partial charge < -0.3 is 10.1 Å². The van der Waals surface area contributed by atoms with E-state index in [1.54, 1.807) is 0 Å². The van der Waals surface area contributed by atoms with E-state index in [9.17, 15) is 9.59 Å². The van der Waals surface area contributed by atoms with Gasteiger partial charge in [-0.25, -0.2) is 0 Å². The minimum absolute atomic E-state index is 0.0482. The van der Waals surface area contributed by atoms with Crippen LogP contribution in [0.1, 0.15) is 70.6 Å². The third kappa shape index (κ3) is 5.26. The number of piperazine rings is 1. The molecule has 2 N–H and O–H groups in total. The number of ether oxygens (including phenoxy) is 1. The third-order valence-corrected chi connectivity index (χ3v) is 12.0. The Morgan fingerprint density at radius 1 is 0.865 bits per heavy atom. The molecule has 0 aromatic carbocycles. The van der Waals surface area contributed by atoms with Gasteiger partial charge in [-0.2, -0.15) is 0 Å². The van der Waals surface area contributed by atoms with Crippen LogP contribution in [0.25, 0.3) is 0 Å². The Labute approximate surface area is 231 Å². The number of carbonyl (C=O) groups excluding carboxylic acids is 2. The summed E-state index contributed by atoms with van der Waals surface area (Å²) in [5.41, 5.74) is 0. The van der Waals surface area contributed by atoms with Crippen molar-refractivity contribution in [3.63, 3.8) is 0 Å². The second-order valence-corrected chi connectivity index (χ2v) is 14.3. The molecule has 9 atom stereocenters. The normalized spacial score (nSPS) is 44.5. The van der Waals surface area contributed by atoms with Gasteiger partial charge in [0.2, 0.25) is 5.91 Å². The summed E-state index contributed by atoms with van der Waals surface area (Å²) < 4.78 is 5.08. The number of halogens is 1. The highest BCUT2D eigenvalue weighted by molar-refractivity contribution is 9.09. The molecular formula is C29H47BrN4O3. The summed E-state index contributed by atoms with van der Waals surface area (Å²) in [6.45, 7) is 4.55. The van der Waals surface area contributed by atoms with Crippen LogP contribution in [0.3, 0.4) is 0 Å². The average molecular weight is 580 g/mol. The zero-order valence-corrected chi connectivity index (χ0v) is 24.2. The van der Waals surface area contributed by atoms with E-state index in [0.29, 0.717) is 11.4 Å². The molecule has 7 nitrogen and oxygen atoms in total. The van der Waals surface area contributed by atoms with Gasteiger partial charge in [-0.15, -0.1) is 0 Å². The summed E-state index contributed by atoms with van der Waals surface area (Å²) >= 11 is 3.78. The maximum atomic E-state index is 13.2. The highest BCUT2D eigenvalue weighted by Crippen LogP contribution is 2.55. The lowest BCUT2D eigenvalue weighted by Crippen LogP contribution is -2.56. The van der Waals surface area contributed by atoms with E-state index < -0.39 is 6.04 Å². The molecule has 0 aromatic heterocycles. The fraction of sp³-hybridized carbons (Fsp3) is 0.931. The van der Waals surface area contributed by atoms with E-state index in [1.165, 1.54) is 58.5 Å².